The van der Waals surface area contributed by atoms with Crippen molar-refractivity contribution in [2.24, 2.45) is 0 Å². The van der Waals surface area contributed by atoms with E-state index >= 15 is 0 Å². The van der Waals surface area contributed by atoms with Crippen molar-refractivity contribution in [3.8, 4) is 0 Å². The molecule has 2 heterocycles. The Kier molecular flexibility index (Phi) is 6.63. The van der Waals surface area contributed by atoms with Crippen molar-refractivity contribution in [1.82, 2.24) is 0 Å². The van der Waals surface area contributed by atoms with E-state index in [1.165, 1.54) is 66.4 Å². The van der Waals surface area contributed by atoms with E-state index in [0.29, 0.717) is 13.4 Å². The van der Waals surface area contributed by atoms with E-state index in [1.807, 2.05) is 0 Å². The number of aryl methyl sites for hydroxylation is 4. The molecule has 4 aromatic rings. The molecule has 0 radical (unpaired) electrons. The Hall–Kier alpha value is -3.51. The van der Waals surface area contributed by atoms with Gasteiger partial charge in [-0.2, -0.15) is 0 Å². The van der Waals surface area contributed by atoms with Crippen LogP contribution in [0.3, 0.4) is 0 Å². The minimum absolute atomic E-state index is 0.463. The van der Waals surface area contributed by atoms with E-state index in [2.05, 4.69) is 138 Å². The Morgan fingerprint density at radius 2 is 0.694 bits per heavy atom. The number of hydrogen-bond acceptors (Lipinski definition) is 0. The number of benzene rings is 4. The van der Waals surface area contributed by atoms with Crippen LogP contribution in [0.25, 0.3) is 24.3 Å². The van der Waals surface area contributed by atoms with Crippen molar-refractivity contribution >= 4 is 59.6 Å². The lowest BCUT2D eigenvalue weighted by Crippen LogP contribution is -2.41. The molecule has 2 aliphatic rings. The second-order valence-electron chi connectivity index (χ2n) is 10.6. The van der Waals surface area contributed by atoms with Gasteiger partial charge in [0.25, 0.3) is 0 Å². The van der Waals surface area contributed by atoms with Gasteiger partial charge in [-0.3, -0.25) is 0 Å². The van der Waals surface area contributed by atoms with Gasteiger partial charge in [0.15, 0.2) is 0 Å². The first-order chi connectivity index (χ1) is 17.3. The smallest absolute Gasteiger partial charge is 0.0774 e. The van der Waals surface area contributed by atoms with Crippen LogP contribution in [-0.2, 0) is 0 Å². The second-order valence-corrected chi connectivity index (χ2v) is 10.6. The summed E-state index contributed by atoms with van der Waals surface area (Å²) in [5.41, 5.74) is 16.5. The zero-order chi connectivity index (χ0) is 25.4. The van der Waals surface area contributed by atoms with Crippen LogP contribution in [0.4, 0.5) is 0 Å². The van der Waals surface area contributed by atoms with Gasteiger partial charge in [-0.25, -0.2) is 0 Å². The molecule has 0 fully saturated rings. The third kappa shape index (κ3) is 4.78. The summed E-state index contributed by atoms with van der Waals surface area (Å²) in [4.78, 5) is 0. The molecule has 0 nitrogen and oxygen atoms in total. The minimum Gasteiger partial charge on any atom is -0.0774 e. The summed E-state index contributed by atoms with van der Waals surface area (Å²) in [6, 6.07) is 27.0. The van der Waals surface area contributed by atoms with Gasteiger partial charge in [-0.05, 0) is 49.9 Å². The first-order valence-corrected chi connectivity index (χ1v) is 13.1. The zero-order valence-corrected chi connectivity index (χ0v) is 22.4. The van der Waals surface area contributed by atoms with Crippen LogP contribution >= 0.6 is 0 Å². The molecule has 36 heavy (non-hydrogen) atoms. The van der Waals surface area contributed by atoms with Gasteiger partial charge in [-0.1, -0.05) is 155 Å². The summed E-state index contributed by atoms with van der Waals surface area (Å²) in [5, 5.41) is 0. The standard InChI is InChI=1S/2C17H17B/c1-12-4-8-16-14(10-12)6-7-15-11-13(2)5-9-17(15)18(16)3;1-12-4-6-14-8-9-15-7-5-13(2)11-17(15)18(3)16(14)10-12/h2*4-11H,1-3H3. The lowest BCUT2D eigenvalue weighted by molar-refractivity contribution is 1.47. The molecule has 0 saturated carbocycles. The number of rotatable bonds is 0. The maximum Gasteiger partial charge on any atom is 0.207 e. The van der Waals surface area contributed by atoms with Crippen molar-refractivity contribution in [3.63, 3.8) is 0 Å². The minimum atomic E-state index is 0.463. The van der Waals surface area contributed by atoms with Crippen LogP contribution in [0.15, 0.2) is 72.8 Å². The van der Waals surface area contributed by atoms with Gasteiger partial charge < -0.3 is 0 Å². The molecule has 0 aromatic heterocycles. The molecule has 0 aliphatic carbocycles. The van der Waals surface area contributed by atoms with E-state index in [4.69, 9.17) is 0 Å². The quantitative estimate of drug-likeness (QED) is 0.278. The van der Waals surface area contributed by atoms with Gasteiger partial charge in [0.2, 0.25) is 13.4 Å². The van der Waals surface area contributed by atoms with E-state index in [9.17, 15) is 0 Å². The van der Waals surface area contributed by atoms with Crippen molar-refractivity contribution in [2.45, 2.75) is 41.3 Å². The molecule has 0 unspecified atom stereocenters. The maximum atomic E-state index is 2.32. The fraction of sp³-hybridized carbons (Fsp3) is 0.176. The summed E-state index contributed by atoms with van der Waals surface area (Å²) < 4.78 is 0. The van der Waals surface area contributed by atoms with Crippen LogP contribution in [0.2, 0.25) is 13.6 Å². The van der Waals surface area contributed by atoms with Gasteiger partial charge >= 0.3 is 0 Å². The molecule has 0 saturated heterocycles. The predicted molar refractivity (Wildman–Crippen MR) is 164 cm³/mol. The highest BCUT2D eigenvalue weighted by atomic mass is 14.1. The fourth-order valence-corrected chi connectivity index (χ4v) is 5.60. The van der Waals surface area contributed by atoms with E-state index in [-0.39, 0.29) is 0 Å². The third-order valence-corrected chi connectivity index (χ3v) is 7.72. The molecular formula is C34H34B2. The van der Waals surface area contributed by atoms with Crippen molar-refractivity contribution in [2.75, 3.05) is 0 Å². The first kappa shape index (κ1) is 24.2. The maximum absolute atomic E-state index is 2.32. The average Bonchev–Trinajstić information content (AvgIpc) is 3.08. The SMILES string of the molecule is CB1c2cc(C)ccc2C=Cc2ccc(C)cc21.CB1c2ccc(C)cc2C=Cc2cc(C)ccc21. The molecule has 6 rings (SSSR count). The van der Waals surface area contributed by atoms with Crippen LogP contribution in [0.1, 0.15) is 44.5 Å². The van der Waals surface area contributed by atoms with Crippen LogP contribution < -0.4 is 21.9 Å². The van der Waals surface area contributed by atoms with Crippen LogP contribution in [0.5, 0.6) is 0 Å². The largest absolute Gasteiger partial charge is 0.207 e. The molecule has 0 spiro atoms. The topological polar surface area (TPSA) is 0 Å². The summed E-state index contributed by atoms with van der Waals surface area (Å²) in [6.45, 7) is 14.2. The highest BCUT2D eigenvalue weighted by molar-refractivity contribution is 6.86. The van der Waals surface area contributed by atoms with Crippen molar-refractivity contribution in [3.05, 3.63) is 117 Å². The third-order valence-electron chi connectivity index (χ3n) is 7.72. The molecule has 0 amide bonds. The lowest BCUT2D eigenvalue weighted by Gasteiger charge is -2.14. The highest BCUT2D eigenvalue weighted by Crippen LogP contribution is 2.16. The summed E-state index contributed by atoms with van der Waals surface area (Å²) >= 11 is 0. The Bertz CT molecular complexity index is 1400. The van der Waals surface area contributed by atoms with E-state index in [1.54, 1.807) is 0 Å². The summed E-state index contributed by atoms with van der Waals surface area (Å²) in [6.07, 6.45) is 8.99. The Morgan fingerprint density at radius 1 is 0.361 bits per heavy atom. The molecule has 2 heteroatoms. The summed E-state index contributed by atoms with van der Waals surface area (Å²) in [7, 11) is 0. The molecule has 0 atom stereocenters. The van der Waals surface area contributed by atoms with Crippen LogP contribution in [-0.4, -0.2) is 13.4 Å². The second kappa shape index (κ2) is 9.86. The summed E-state index contributed by atoms with van der Waals surface area (Å²) in [5.74, 6) is 0. The molecule has 0 N–H and O–H groups in total. The van der Waals surface area contributed by atoms with Crippen molar-refractivity contribution < 1.29 is 0 Å². The van der Waals surface area contributed by atoms with Gasteiger partial charge in [0.05, 0.1) is 0 Å². The Labute approximate surface area is 218 Å². The lowest BCUT2D eigenvalue weighted by atomic mass is 9.41. The first-order valence-electron chi connectivity index (χ1n) is 13.1. The molecule has 2 aliphatic heterocycles. The zero-order valence-electron chi connectivity index (χ0n) is 22.4. The fourth-order valence-electron chi connectivity index (χ4n) is 5.60. The normalized spacial score (nSPS) is 12.9. The average molecular weight is 464 g/mol. The number of hydrogen-bond donors (Lipinski definition) is 0. The molecular weight excluding hydrogens is 430 g/mol. The van der Waals surface area contributed by atoms with E-state index < -0.39 is 0 Å². The van der Waals surface area contributed by atoms with Crippen LogP contribution in [0, 0.1) is 27.7 Å². The van der Waals surface area contributed by atoms with E-state index in [0.717, 1.165) is 0 Å². The number of fused-ring (bicyclic) bond motifs is 4. The van der Waals surface area contributed by atoms with Gasteiger partial charge in [0, 0.05) is 0 Å². The Balaban J connectivity index is 0.000000148. The van der Waals surface area contributed by atoms with Gasteiger partial charge in [-0.15, -0.1) is 0 Å². The van der Waals surface area contributed by atoms with Crippen molar-refractivity contribution in [1.29, 1.82) is 0 Å². The van der Waals surface area contributed by atoms with Gasteiger partial charge in [0.1, 0.15) is 0 Å². The highest BCUT2D eigenvalue weighted by Gasteiger charge is 2.21. The molecule has 0 bridgehead atoms. The predicted octanol–water partition coefficient (Wildman–Crippen LogP) is 6.05. The molecule has 176 valence electrons. The monoisotopic (exact) mass is 464 g/mol. The Morgan fingerprint density at radius 3 is 1.14 bits per heavy atom. The molecule has 4 aromatic carbocycles.